The van der Waals surface area contributed by atoms with Gasteiger partial charge in [-0.3, -0.25) is 11.3 Å². The molecule has 0 radical (unpaired) electrons. The largest absolute Gasteiger partial charge is 0.271 e. The van der Waals surface area contributed by atoms with E-state index in [1.54, 1.807) is 0 Å². The Morgan fingerprint density at radius 3 is 2.78 bits per heavy atom. The van der Waals surface area contributed by atoms with Gasteiger partial charge in [-0.05, 0) is 37.0 Å². The van der Waals surface area contributed by atoms with E-state index in [1.807, 2.05) is 11.8 Å². The van der Waals surface area contributed by atoms with Crippen LogP contribution in [0.2, 0.25) is 0 Å². The molecule has 2 nitrogen and oxygen atoms in total. The van der Waals surface area contributed by atoms with E-state index < -0.39 is 0 Å². The van der Waals surface area contributed by atoms with Gasteiger partial charge in [0, 0.05) is 21.2 Å². The highest BCUT2D eigenvalue weighted by Crippen LogP contribution is 2.30. The van der Waals surface area contributed by atoms with Gasteiger partial charge in [-0.1, -0.05) is 41.3 Å². The molecular weight excluding hydrogens is 308 g/mol. The number of hydrazine groups is 1. The maximum absolute atomic E-state index is 5.73. The van der Waals surface area contributed by atoms with E-state index >= 15 is 0 Å². The molecule has 1 atom stereocenters. The Morgan fingerprint density at radius 2 is 2.11 bits per heavy atom. The predicted octanol–water partition coefficient (Wildman–Crippen LogP) is 3.95. The molecule has 1 unspecified atom stereocenters. The molecule has 1 aromatic carbocycles. The zero-order valence-corrected chi connectivity index (χ0v) is 13.0. The first kappa shape index (κ1) is 14.4. The molecule has 1 fully saturated rings. The summed E-state index contributed by atoms with van der Waals surface area (Å²) >= 11 is 5.40. The highest BCUT2D eigenvalue weighted by atomic mass is 79.9. The molecule has 0 aromatic heterocycles. The van der Waals surface area contributed by atoms with Crippen molar-refractivity contribution in [1.82, 2.24) is 5.43 Å². The topological polar surface area (TPSA) is 38.0 Å². The average molecular weight is 329 g/mol. The van der Waals surface area contributed by atoms with Gasteiger partial charge in [-0.15, -0.1) is 11.8 Å². The van der Waals surface area contributed by atoms with E-state index in [2.05, 4.69) is 45.6 Å². The van der Waals surface area contributed by atoms with Crippen molar-refractivity contribution < 1.29 is 0 Å². The lowest BCUT2D eigenvalue weighted by molar-refractivity contribution is 0.287. The van der Waals surface area contributed by atoms with Crippen molar-refractivity contribution in [3.8, 4) is 0 Å². The van der Waals surface area contributed by atoms with Gasteiger partial charge in [-0.2, -0.15) is 0 Å². The van der Waals surface area contributed by atoms with Gasteiger partial charge in [0.25, 0.3) is 0 Å². The third-order valence-corrected chi connectivity index (χ3v) is 5.26. The lowest BCUT2D eigenvalue weighted by Gasteiger charge is -2.29. The minimum Gasteiger partial charge on any atom is -0.271 e. The summed E-state index contributed by atoms with van der Waals surface area (Å²) in [6.07, 6.45) is 6.78. The predicted molar refractivity (Wildman–Crippen MR) is 82.6 cm³/mol. The quantitative estimate of drug-likeness (QED) is 0.488. The molecule has 1 saturated carbocycles. The number of hydrogen-bond acceptors (Lipinski definition) is 3. The molecule has 0 saturated heterocycles. The summed E-state index contributed by atoms with van der Waals surface area (Å²) in [6.45, 7) is 0. The van der Waals surface area contributed by atoms with Crippen molar-refractivity contribution in [2.24, 2.45) is 11.8 Å². The molecule has 2 rings (SSSR count). The molecule has 4 heteroatoms. The summed E-state index contributed by atoms with van der Waals surface area (Å²) in [5.74, 6) is 7.53. The van der Waals surface area contributed by atoms with Gasteiger partial charge in [0.05, 0.1) is 0 Å². The first-order valence-corrected chi connectivity index (χ1v) is 8.42. The van der Waals surface area contributed by atoms with Crippen molar-refractivity contribution in [2.75, 3.05) is 5.75 Å². The fourth-order valence-corrected chi connectivity index (χ4v) is 4.28. The SMILES string of the molecule is NNC(CSc1cccc(Br)c1)C1CCCCC1. The van der Waals surface area contributed by atoms with Gasteiger partial charge >= 0.3 is 0 Å². The average Bonchev–Trinajstić information content (AvgIpc) is 2.41. The molecule has 0 spiro atoms. The standard InChI is InChI=1S/C14H21BrN2S/c15-12-7-4-8-13(9-12)18-10-14(17-16)11-5-2-1-3-6-11/h4,7-9,11,14,17H,1-3,5-6,10,16H2. The van der Waals surface area contributed by atoms with E-state index in [1.165, 1.54) is 37.0 Å². The van der Waals surface area contributed by atoms with E-state index in [0.717, 1.165) is 16.1 Å². The summed E-state index contributed by atoms with van der Waals surface area (Å²) in [5.41, 5.74) is 3.02. The molecule has 0 bridgehead atoms. The molecule has 3 N–H and O–H groups in total. The maximum Gasteiger partial charge on any atom is 0.0332 e. The van der Waals surface area contributed by atoms with Gasteiger partial charge < -0.3 is 0 Å². The highest BCUT2D eigenvalue weighted by Gasteiger charge is 2.22. The van der Waals surface area contributed by atoms with Crippen molar-refractivity contribution in [2.45, 2.75) is 43.0 Å². The van der Waals surface area contributed by atoms with Crippen LogP contribution in [-0.2, 0) is 0 Å². The van der Waals surface area contributed by atoms with Gasteiger partial charge in [-0.25, -0.2) is 0 Å². The Labute approximate surface area is 122 Å². The first-order chi connectivity index (χ1) is 8.79. The van der Waals surface area contributed by atoms with E-state index in [0.29, 0.717) is 6.04 Å². The normalized spacial score (nSPS) is 18.8. The third kappa shape index (κ3) is 4.26. The zero-order chi connectivity index (χ0) is 12.8. The Hall–Kier alpha value is -0.0300. The van der Waals surface area contributed by atoms with Crippen LogP contribution >= 0.6 is 27.7 Å². The smallest absolute Gasteiger partial charge is 0.0332 e. The van der Waals surface area contributed by atoms with Crippen molar-refractivity contribution in [3.05, 3.63) is 28.7 Å². The first-order valence-electron chi connectivity index (χ1n) is 6.64. The van der Waals surface area contributed by atoms with Crippen LogP contribution < -0.4 is 11.3 Å². The van der Waals surface area contributed by atoms with Crippen LogP contribution in [0.3, 0.4) is 0 Å². The molecular formula is C14H21BrN2S. The molecule has 100 valence electrons. The minimum absolute atomic E-state index is 0.439. The summed E-state index contributed by atoms with van der Waals surface area (Å²) in [5, 5.41) is 0. The van der Waals surface area contributed by atoms with Crippen molar-refractivity contribution in [1.29, 1.82) is 0 Å². The van der Waals surface area contributed by atoms with Crippen LogP contribution in [0.5, 0.6) is 0 Å². The lowest BCUT2D eigenvalue weighted by atomic mass is 9.85. The molecule has 1 aliphatic rings. The number of benzene rings is 1. The number of thioether (sulfide) groups is 1. The highest BCUT2D eigenvalue weighted by molar-refractivity contribution is 9.10. The van der Waals surface area contributed by atoms with Crippen molar-refractivity contribution >= 4 is 27.7 Å². The second-order valence-corrected chi connectivity index (χ2v) is 6.95. The summed E-state index contributed by atoms with van der Waals surface area (Å²) in [7, 11) is 0. The monoisotopic (exact) mass is 328 g/mol. The number of rotatable bonds is 5. The Kier molecular flexibility index (Phi) is 6.02. The van der Waals surface area contributed by atoms with Gasteiger partial charge in [0.15, 0.2) is 0 Å². The van der Waals surface area contributed by atoms with Crippen LogP contribution in [0, 0.1) is 5.92 Å². The van der Waals surface area contributed by atoms with Crippen LogP contribution in [0.4, 0.5) is 0 Å². The Bertz CT molecular complexity index is 367. The number of nitrogens with two attached hydrogens (primary N) is 1. The molecule has 1 aromatic rings. The van der Waals surface area contributed by atoms with Gasteiger partial charge in [0.1, 0.15) is 0 Å². The van der Waals surface area contributed by atoms with E-state index in [-0.39, 0.29) is 0 Å². The fraction of sp³-hybridized carbons (Fsp3) is 0.571. The lowest BCUT2D eigenvalue weighted by Crippen LogP contribution is -2.43. The number of nitrogens with one attached hydrogen (secondary N) is 1. The van der Waals surface area contributed by atoms with Crippen LogP contribution in [0.1, 0.15) is 32.1 Å². The third-order valence-electron chi connectivity index (χ3n) is 3.66. The van der Waals surface area contributed by atoms with Crippen LogP contribution in [0.25, 0.3) is 0 Å². The number of halogens is 1. The Morgan fingerprint density at radius 1 is 1.33 bits per heavy atom. The number of hydrogen-bond donors (Lipinski definition) is 2. The van der Waals surface area contributed by atoms with Gasteiger partial charge in [0.2, 0.25) is 0 Å². The fourth-order valence-electron chi connectivity index (χ4n) is 2.60. The summed E-state index contributed by atoms with van der Waals surface area (Å²) in [6, 6.07) is 8.90. The molecule has 0 aliphatic heterocycles. The minimum atomic E-state index is 0.439. The maximum atomic E-state index is 5.73. The Balaban J connectivity index is 1.86. The molecule has 1 aliphatic carbocycles. The summed E-state index contributed by atoms with van der Waals surface area (Å²) in [4.78, 5) is 1.31. The second-order valence-electron chi connectivity index (χ2n) is 4.94. The van der Waals surface area contributed by atoms with Crippen molar-refractivity contribution in [3.63, 3.8) is 0 Å². The zero-order valence-electron chi connectivity index (χ0n) is 10.6. The molecule has 18 heavy (non-hydrogen) atoms. The van der Waals surface area contributed by atoms with Crippen LogP contribution in [-0.4, -0.2) is 11.8 Å². The van der Waals surface area contributed by atoms with E-state index in [9.17, 15) is 0 Å². The van der Waals surface area contributed by atoms with Crippen LogP contribution in [0.15, 0.2) is 33.6 Å². The molecule has 0 heterocycles. The summed E-state index contributed by atoms with van der Waals surface area (Å²) < 4.78 is 1.14. The van der Waals surface area contributed by atoms with E-state index in [4.69, 9.17) is 5.84 Å². The second kappa shape index (κ2) is 7.53. The molecule has 0 amide bonds.